The van der Waals surface area contributed by atoms with E-state index in [9.17, 15) is 0 Å². The average Bonchev–Trinajstić information content (AvgIpc) is 2.51. The number of benzene rings is 1. The molecule has 0 heterocycles. The van der Waals surface area contributed by atoms with Gasteiger partial charge in [0.25, 0.3) is 0 Å². The van der Waals surface area contributed by atoms with Gasteiger partial charge in [-0.2, -0.15) is 0 Å². The Balaban J connectivity index is 2.00. The van der Waals surface area contributed by atoms with E-state index < -0.39 is 0 Å². The molecule has 1 aliphatic carbocycles. The summed E-state index contributed by atoms with van der Waals surface area (Å²) >= 11 is 0. The zero-order valence-electron chi connectivity index (χ0n) is 13.5. The molecule has 0 radical (unpaired) electrons. The lowest BCUT2D eigenvalue weighted by atomic mass is 9.76. The Morgan fingerprint density at radius 3 is 2.20 bits per heavy atom. The topological polar surface area (TPSA) is 12.0 Å². The molecule has 0 amide bonds. The number of hydrogen-bond acceptors (Lipinski definition) is 1. The first-order valence-electron chi connectivity index (χ1n) is 8.54. The van der Waals surface area contributed by atoms with Gasteiger partial charge in [-0.3, -0.25) is 0 Å². The van der Waals surface area contributed by atoms with Gasteiger partial charge in [0.05, 0.1) is 0 Å². The smallest absolute Gasteiger partial charge is 0.0346 e. The molecule has 112 valence electrons. The van der Waals surface area contributed by atoms with Crippen molar-refractivity contribution < 1.29 is 0 Å². The number of hydrogen-bond donors (Lipinski definition) is 1. The van der Waals surface area contributed by atoms with Crippen LogP contribution in [-0.4, -0.2) is 7.05 Å². The van der Waals surface area contributed by atoms with Crippen LogP contribution in [0.15, 0.2) is 24.3 Å². The molecule has 0 aromatic heterocycles. The molecule has 1 nitrogen and oxygen atoms in total. The first kappa shape index (κ1) is 15.6. The largest absolute Gasteiger partial charge is 0.313 e. The van der Waals surface area contributed by atoms with Gasteiger partial charge >= 0.3 is 0 Å². The van der Waals surface area contributed by atoms with Crippen LogP contribution in [-0.2, 0) is 6.42 Å². The fraction of sp³-hybridized carbons (Fsp3) is 0.684. The van der Waals surface area contributed by atoms with Gasteiger partial charge in [0, 0.05) is 6.04 Å². The summed E-state index contributed by atoms with van der Waals surface area (Å²) in [6, 6.07) is 9.88. The normalized spacial score (nSPS) is 24.6. The minimum absolute atomic E-state index is 0.545. The molecule has 1 heteroatoms. The lowest BCUT2D eigenvalue weighted by molar-refractivity contribution is 0.224. The van der Waals surface area contributed by atoms with Crippen LogP contribution in [0, 0.1) is 11.8 Å². The molecular weight excluding hydrogens is 242 g/mol. The molecule has 1 aromatic carbocycles. The maximum atomic E-state index is 3.57. The highest BCUT2D eigenvalue weighted by molar-refractivity contribution is 5.25. The van der Waals surface area contributed by atoms with E-state index in [-0.39, 0.29) is 0 Å². The van der Waals surface area contributed by atoms with Gasteiger partial charge in [0.1, 0.15) is 0 Å². The molecular formula is C19H31N. The van der Waals surface area contributed by atoms with Crippen molar-refractivity contribution in [2.75, 3.05) is 7.05 Å². The van der Waals surface area contributed by atoms with Crippen LogP contribution in [0.2, 0.25) is 0 Å². The van der Waals surface area contributed by atoms with Crippen LogP contribution in [0.4, 0.5) is 0 Å². The Morgan fingerprint density at radius 1 is 1.05 bits per heavy atom. The SMILES string of the molecule is CCCc1ccc(C(NC)C2CCC(CC)CC2)cc1. The molecule has 0 spiro atoms. The molecule has 1 fully saturated rings. The fourth-order valence-corrected chi connectivity index (χ4v) is 3.78. The highest BCUT2D eigenvalue weighted by Crippen LogP contribution is 2.37. The van der Waals surface area contributed by atoms with Crippen molar-refractivity contribution in [3.63, 3.8) is 0 Å². The summed E-state index contributed by atoms with van der Waals surface area (Å²) in [5.41, 5.74) is 2.95. The standard InChI is InChI=1S/C19H31N/c1-4-6-16-9-13-18(14-10-16)19(20-3)17-11-7-15(5-2)8-12-17/h9-10,13-15,17,19-20H,4-8,11-12H2,1-3H3. The number of nitrogens with one attached hydrogen (secondary N) is 1. The van der Waals surface area contributed by atoms with Crippen molar-refractivity contribution in [1.82, 2.24) is 5.32 Å². The van der Waals surface area contributed by atoms with Crippen LogP contribution in [0.25, 0.3) is 0 Å². The molecule has 1 aromatic rings. The zero-order valence-corrected chi connectivity index (χ0v) is 13.5. The van der Waals surface area contributed by atoms with Crippen molar-refractivity contribution in [2.45, 2.75) is 64.8 Å². The lowest BCUT2D eigenvalue weighted by Gasteiger charge is -2.34. The van der Waals surface area contributed by atoms with Crippen molar-refractivity contribution >= 4 is 0 Å². The summed E-state index contributed by atoms with van der Waals surface area (Å²) in [6.45, 7) is 4.59. The Hall–Kier alpha value is -0.820. The summed E-state index contributed by atoms with van der Waals surface area (Å²) in [5, 5.41) is 3.57. The maximum absolute atomic E-state index is 3.57. The van der Waals surface area contributed by atoms with Gasteiger partial charge in [-0.25, -0.2) is 0 Å². The Bertz CT molecular complexity index is 373. The summed E-state index contributed by atoms with van der Waals surface area (Å²) in [6.07, 6.45) is 9.42. The molecule has 0 aliphatic heterocycles. The van der Waals surface area contributed by atoms with Crippen LogP contribution in [0.5, 0.6) is 0 Å². The van der Waals surface area contributed by atoms with Crippen molar-refractivity contribution in [3.8, 4) is 0 Å². The second-order valence-electron chi connectivity index (χ2n) is 6.45. The van der Waals surface area contributed by atoms with Crippen LogP contribution < -0.4 is 5.32 Å². The van der Waals surface area contributed by atoms with Gasteiger partial charge in [-0.05, 0) is 49.3 Å². The van der Waals surface area contributed by atoms with Crippen LogP contribution in [0.1, 0.15) is 69.5 Å². The summed E-state index contributed by atoms with van der Waals surface area (Å²) in [4.78, 5) is 0. The van der Waals surface area contributed by atoms with E-state index in [1.54, 1.807) is 0 Å². The predicted octanol–water partition coefficient (Wildman–Crippen LogP) is 5.12. The zero-order chi connectivity index (χ0) is 14.4. The minimum atomic E-state index is 0.545. The van der Waals surface area contributed by atoms with Gasteiger partial charge in [0.2, 0.25) is 0 Å². The Labute approximate surface area is 125 Å². The van der Waals surface area contributed by atoms with Gasteiger partial charge in [0.15, 0.2) is 0 Å². The predicted molar refractivity (Wildman–Crippen MR) is 88.0 cm³/mol. The van der Waals surface area contributed by atoms with Gasteiger partial charge in [-0.15, -0.1) is 0 Å². The van der Waals surface area contributed by atoms with Crippen molar-refractivity contribution in [3.05, 3.63) is 35.4 Å². The molecule has 1 unspecified atom stereocenters. The Morgan fingerprint density at radius 2 is 1.70 bits per heavy atom. The first-order valence-corrected chi connectivity index (χ1v) is 8.54. The molecule has 2 rings (SSSR count). The molecule has 1 aliphatic rings. The lowest BCUT2D eigenvalue weighted by Crippen LogP contribution is -2.28. The van der Waals surface area contributed by atoms with Crippen molar-refractivity contribution in [1.29, 1.82) is 0 Å². The van der Waals surface area contributed by atoms with E-state index in [2.05, 4.69) is 50.5 Å². The van der Waals surface area contributed by atoms with Crippen LogP contribution in [0.3, 0.4) is 0 Å². The highest BCUT2D eigenvalue weighted by Gasteiger charge is 2.26. The summed E-state index contributed by atoms with van der Waals surface area (Å²) in [5.74, 6) is 1.80. The summed E-state index contributed by atoms with van der Waals surface area (Å²) < 4.78 is 0. The second kappa shape index (κ2) is 7.83. The van der Waals surface area contributed by atoms with Gasteiger partial charge in [-0.1, -0.05) is 63.8 Å². The first-order chi connectivity index (χ1) is 9.78. The molecule has 20 heavy (non-hydrogen) atoms. The monoisotopic (exact) mass is 273 g/mol. The average molecular weight is 273 g/mol. The van der Waals surface area contributed by atoms with Crippen molar-refractivity contribution in [2.24, 2.45) is 11.8 Å². The number of aryl methyl sites for hydroxylation is 1. The number of rotatable bonds is 6. The molecule has 0 saturated heterocycles. The minimum Gasteiger partial charge on any atom is -0.313 e. The second-order valence-corrected chi connectivity index (χ2v) is 6.45. The van der Waals surface area contributed by atoms with E-state index in [4.69, 9.17) is 0 Å². The summed E-state index contributed by atoms with van der Waals surface area (Å²) in [7, 11) is 2.12. The molecule has 1 atom stereocenters. The Kier molecular flexibility index (Phi) is 6.09. The maximum Gasteiger partial charge on any atom is 0.0346 e. The molecule has 1 saturated carbocycles. The van der Waals surface area contributed by atoms with E-state index in [0.717, 1.165) is 11.8 Å². The third-order valence-corrected chi connectivity index (χ3v) is 5.13. The van der Waals surface area contributed by atoms with Gasteiger partial charge < -0.3 is 5.32 Å². The third kappa shape index (κ3) is 3.85. The van der Waals surface area contributed by atoms with E-state index >= 15 is 0 Å². The molecule has 1 N–H and O–H groups in total. The molecule has 0 bridgehead atoms. The third-order valence-electron chi connectivity index (χ3n) is 5.13. The highest BCUT2D eigenvalue weighted by atomic mass is 14.9. The van der Waals surface area contributed by atoms with Crippen LogP contribution >= 0.6 is 0 Å². The van der Waals surface area contributed by atoms with E-state index in [0.29, 0.717) is 6.04 Å². The van der Waals surface area contributed by atoms with E-state index in [1.807, 2.05) is 0 Å². The quantitative estimate of drug-likeness (QED) is 0.759. The van der Waals surface area contributed by atoms with E-state index in [1.165, 1.54) is 56.1 Å². The fourth-order valence-electron chi connectivity index (χ4n) is 3.78.